The van der Waals surface area contributed by atoms with Crippen molar-refractivity contribution in [3.05, 3.63) is 23.8 Å². The topological polar surface area (TPSA) is 55.6 Å². The highest BCUT2D eigenvalue weighted by molar-refractivity contribution is 5.95. The molecule has 4 heteroatoms. The Morgan fingerprint density at radius 3 is 2.70 bits per heavy atom. The van der Waals surface area contributed by atoms with Gasteiger partial charge in [-0.1, -0.05) is 13.8 Å². The van der Waals surface area contributed by atoms with Gasteiger partial charge in [-0.3, -0.25) is 4.79 Å². The first-order valence-corrected chi connectivity index (χ1v) is 7.27. The third-order valence-electron chi connectivity index (χ3n) is 3.68. The second-order valence-electron chi connectivity index (χ2n) is 5.87. The summed E-state index contributed by atoms with van der Waals surface area (Å²) in [7, 11) is 1.57. The largest absolute Gasteiger partial charge is 0.495 e. The van der Waals surface area contributed by atoms with Gasteiger partial charge in [0.2, 0.25) is 0 Å². The number of methoxy groups -OCH3 is 1. The van der Waals surface area contributed by atoms with Crippen LogP contribution in [-0.4, -0.2) is 30.5 Å². The second-order valence-corrected chi connectivity index (χ2v) is 5.87. The summed E-state index contributed by atoms with van der Waals surface area (Å²) < 4.78 is 5.19. The number of amides is 1. The summed E-state index contributed by atoms with van der Waals surface area (Å²) in [5, 5.41) is 0. The van der Waals surface area contributed by atoms with Gasteiger partial charge in [0.25, 0.3) is 5.91 Å². The number of nitrogen functional groups attached to an aromatic ring is 1. The van der Waals surface area contributed by atoms with Crippen molar-refractivity contribution in [2.24, 2.45) is 5.92 Å². The van der Waals surface area contributed by atoms with Crippen molar-refractivity contribution in [1.29, 1.82) is 0 Å². The monoisotopic (exact) mass is 276 g/mol. The van der Waals surface area contributed by atoms with Crippen LogP contribution in [0.4, 0.5) is 5.69 Å². The molecule has 20 heavy (non-hydrogen) atoms. The van der Waals surface area contributed by atoms with Crippen molar-refractivity contribution < 1.29 is 9.53 Å². The van der Waals surface area contributed by atoms with Gasteiger partial charge in [0.1, 0.15) is 5.75 Å². The lowest BCUT2D eigenvalue weighted by Gasteiger charge is -2.23. The molecule has 0 saturated heterocycles. The number of hydrogen-bond donors (Lipinski definition) is 1. The van der Waals surface area contributed by atoms with Gasteiger partial charge in [-0.25, -0.2) is 0 Å². The second kappa shape index (κ2) is 6.16. The highest BCUT2D eigenvalue weighted by atomic mass is 16.5. The minimum atomic E-state index is 0.0893. The average Bonchev–Trinajstić information content (AvgIpc) is 3.23. The van der Waals surface area contributed by atoms with E-state index in [4.69, 9.17) is 10.5 Å². The quantitative estimate of drug-likeness (QED) is 0.813. The Bertz CT molecular complexity index is 481. The van der Waals surface area contributed by atoms with E-state index in [9.17, 15) is 4.79 Å². The maximum absolute atomic E-state index is 12.6. The van der Waals surface area contributed by atoms with Crippen LogP contribution in [-0.2, 0) is 0 Å². The number of ether oxygens (including phenoxy) is 1. The number of carbonyl (C=O) groups is 1. The van der Waals surface area contributed by atoms with Gasteiger partial charge in [0.15, 0.2) is 0 Å². The van der Waals surface area contributed by atoms with E-state index in [2.05, 4.69) is 13.8 Å². The summed E-state index contributed by atoms with van der Waals surface area (Å²) in [5.74, 6) is 1.26. The molecule has 4 nitrogen and oxygen atoms in total. The van der Waals surface area contributed by atoms with Crippen LogP contribution in [0.15, 0.2) is 18.2 Å². The molecule has 1 aromatic carbocycles. The number of benzene rings is 1. The molecule has 1 aliphatic carbocycles. The molecule has 1 aromatic rings. The Hall–Kier alpha value is -1.71. The van der Waals surface area contributed by atoms with Gasteiger partial charge in [0.05, 0.1) is 12.8 Å². The molecular formula is C16H24N2O2. The van der Waals surface area contributed by atoms with Gasteiger partial charge in [-0.15, -0.1) is 0 Å². The van der Waals surface area contributed by atoms with E-state index in [-0.39, 0.29) is 5.91 Å². The van der Waals surface area contributed by atoms with Crippen LogP contribution >= 0.6 is 0 Å². The fourth-order valence-electron chi connectivity index (χ4n) is 2.24. The molecule has 1 amide bonds. The van der Waals surface area contributed by atoms with Crippen molar-refractivity contribution in [1.82, 2.24) is 4.90 Å². The summed E-state index contributed by atoms with van der Waals surface area (Å²) in [4.78, 5) is 14.7. The van der Waals surface area contributed by atoms with Crippen molar-refractivity contribution in [2.75, 3.05) is 19.4 Å². The lowest BCUT2D eigenvalue weighted by Crippen LogP contribution is -2.34. The molecule has 0 aliphatic heterocycles. The Labute approximate surface area is 120 Å². The van der Waals surface area contributed by atoms with Crippen molar-refractivity contribution in [3.63, 3.8) is 0 Å². The summed E-state index contributed by atoms with van der Waals surface area (Å²) in [6.07, 6.45) is 3.28. The molecule has 110 valence electrons. The van der Waals surface area contributed by atoms with E-state index in [1.165, 1.54) is 0 Å². The van der Waals surface area contributed by atoms with Gasteiger partial charge in [-0.2, -0.15) is 0 Å². The maximum atomic E-state index is 12.6. The highest BCUT2D eigenvalue weighted by Crippen LogP contribution is 2.30. The molecule has 0 heterocycles. The zero-order chi connectivity index (χ0) is 14.7. The summed E-state index contributed by atoms with van der Waals surface area (Å²) >= 11 is 0. The lowest BCUT2D eigenvalue weighted by atomic mass is 10.1. The van der Waals surface area contributed by atoms with Crippen LogP contribution in [0.5, 0.6) is 5.75 Å². The van der Waals surface area contributed by atoms with E-state index in [1.54, 1.807) is 25.3 Å². The number of nitrogens with zero attached hydrogens (tertiary/aromatic N) is 1. The fraction of sp³-hybridized carbons (Fsp3) is 0.562. The predicted molar refractivity (Wildman–Crippen MR) is 80.9 cm³/mol. The molecular weight excluding hydrogens is 252 g/mol. The first kappa shape index (κ1) is 14.7. The minimum Gasteiger partial charge on any atom is -0.495 e. The van der Waals surface area contributed by atoms with Gasteiger partial charge in [-0.05, 0) is 43.4 Å². The molecule has 0 unspecified atom stereocenters. The molecule has 0 aromatic heterocycles. The number of carbonyl (C=O) groups excluding carboxylic acids is 1. The molecule has 1 aliphatic rings. The Kier molecular flexibility index (Phi) is 4.53. The standard InChI is InChI=1S/C16H24N2O2/c1-11(2)8-9-18(13-5-6-13)16(19)12-4-7-14(17)15(10-12)20-3/h4,7,10-11,13H,5-6,8-9,17H2,1-3H3. The Morgan fingerprint density at radius 1 is 1.45 bits per heavy atom. The van der Waals surface area contributed by atoms with E-state index in [1.807, 2.05) is 4.90 Å². The van der Waals surface area contributed by atoms with Crippen LogP contribution in [0.1, 0.15) is 43.5 Å². The fourth-order valence-corrected chi connectivity index (χ4v) is 2.24. The van der Waals surface area contributed by atoms with E-state index in [0.717, 1.165) is 25.8 Å². The van der Waals surface area contributed by atoms with Gasteiger partial charge in [0, 0.05) is 18.2 Å². The third-order valence-corrected chi connectivity index (χ3v) is 3.68. The van der Waals surface area contributed by atoms with Crippen LogP contribution in [0.2, 0.25) is 0 Å². The van der Waals surface area contributed by atoms with Crippen LogP contribution in [0, 0.1) is 5.92 Å². The van der Waals surface area contributed by atoms with Crippen molar-refractivity contribution in [2.45, 2.75) is 39.2 Å². The Morgan fingerprint density at radius 2 is 2.15 bits per heavy atom. The van der Waals surface area contributed by atoms with Crippen molar-refractivity contribution in [3.8, 4) is 5.75 Å². The van der Waals surface area contributed by atoms with Gasteiger partial charge >= 0.3 is 0 Å². The maximum Gasteiger partial charge on any atom is 0.254 e. The first-order chi connectivity index (χ1) is 9.52. The number of nitrogens with two attached hydrogens (primary N) is 1. The molecule has 0 spiro atoms. The van der Waals surface area contributed by atoms with Crippen molar-refractivity contribution >= 4 is 11.6 Å². The molecule has 1 saturated carbocycles. The minimum absolute atomic E-state index is 0.0893. The zero-order valence-corrected chi connectivity index (χ0v) is 12.6. The van der Waals surface area contributed by atoms with E-state index < -0.39 is 0 Å². The van der Waals surface area contributed by atoms with Crippen LogP contribution < -0.4 is 10.5 Å². The molecule has 0 radical (unpaired) electrons. The number of hydrogen-bond acceptors (Lipinski definition) is 3. The van der Waals surface area contributed by atoms with E-state index in [0.29, 0.717) is 29.0 Å². The lowest BCUT2D eigenvalue weighted by molar-refractivity contribution is 0.0735. The highest BCUT2D eigenvalue weighted by Gasteiger charge is 2.32. The molecule has 0 bridgehead atoms. The van der Waals surface area contributed by atoms with Gasteiger partial charge < -0.3 is 15.4 Å². The summed E-state index contributed by atoms with van der Waals surface area (Å²) in [6.45, 7) is 5.19. The molecule has 0 atom stereocenters. The van der Waals surface area contributed by atoms with Crippen LogP contribution in [0.25, 0.3) is 0 Å². The smallest absolute Gasteiger partial charge is 0.254 e. The molecule has 2 N–H and O–H groups in total. The molecule has 1 fully saturated rings. The number of anilines is 1. The van der Waals surface area contributed by atoms with E-state index >= 15 is 0 Å². The Balaban J connectivity index is 2.14. The summed E-state index contributed by atoms with van der Waals surface area (Å²) in [5.41, 5.74) is 7.02. The predicted octanol–water partition coefficient (Wildman–Crippen LogP) is 2.93. The average molecular weight is 276 g/mol. The zero-order valence-electron chi connectivity index (χ0n) is 12.6. The number of rotatable bonds is 6. The van der Waals surface area contributed by atoms with Crippen LogP contribution in [0.3, 0.4) is 0 Å². The summed E-state index contributed by atoms with van der Waals surface area (Å²) in [6, 6.07) is 5.68. The normalized spacial score (nSPS) is 14.4. The molecule has 2 rings (SSSR count). The first-order valence-electron chi connectivity index (χ1n) is 7.27. The SMILES string of the molecule is COc1cc(C(=O)N(CCC(C)C)C2CC2)ccc1N. The third kappa shape index (κ3) is 3.44.